The Morgan fingerprint density at radius 1 is 1.21 bits per heavy atom. The number of anilines is 1. The number of ether oxygens (including phenoxy) is 1. The Balaban J connectivity index is 1.45. The molecule has 2 heterocycles. The lowest BCUT2D eigenvalue weighted by molar-refractivity contribution is -0.131. The van der Waals surface area contributed by atoms with Gasteiger partial charge in [0.2, 0.25) is 5.91 Å². The molecule has 1 amide bonds. The number of hydrogen-bond acceptors (Lipinski definition) is 5. The number of hydrogen-bond donors (Lipinski definition) is 0. The van der Waals surface area contributed by atoms with Gasteiger partial charge >= 0.3 is 0 Å². The number of para-hydroxylation sites is 3. The van der Waals surface area contributed by atoms with E-state index in [0.717, 1.165) is 18.0 Å². The van der Waals surface area contributed by atoms with Crippen molar-refractivity contribution in [3.8, 4) is 5.75 Å². The van der Waals surface area contributed by atoms with Crippen LogP contribution in [0.5, 0.6) is 5.75 Å². The van der Waals surface area contributed by atoms with Crippen molar-refractivity contribution in [2.75, 3.05) is 31.6 Å². The van der Waals surface area contributed by atoms with Crippen molar-refractivity contribution in [2.45, 2.75) is 19.6 Å². The highest BCUT2D eigenvalue weighted by atomic mass is 16.5. The van der Waals surface area contributed by atoms with Gasteiger partial charge in [-0.2, -0.15) is 0 Å². The lowest BCUT2D eigenvalue weighted by Gasteiger charge is -2.37. The van der Waals surface area contributed by atoms with E-state index in [1.807, 2.05) is 30.3 Å². The molecule has 1 aliphatic rings. The number of rotatable bonds is 5. The summed E-state index contributed by atoms with van der Waals surface area (Å²) in [5, 5.41) is 0.510. The first-order chi connectivity index (χ1) is 14.1. The number of benzene rings is 2. The summed E-state index contributed by atoms with van der Waals surface area (Å²) in [6.07, 6.45) is 1.30. The molecule has 29 heavy (non-hydrogen) atoms. The van der Waals surface area contributed by atoms with Gasteiger partial charge in [-0.1, -0.05) is 24.3 Å². The third-order valence-corrected chi connectivity index (χ3v) is 5.25. The van der Waals surface area contributed by atoms with Crippen molar-refractivity contribution in [1.82, 2.24) is 14.5 Å². The Morgan fingerprint density at radius 3 is 2.79 bits per heavy atom. The van der Waals surface area contributed by atoms with Gasteiger partial charge in [-0.3, -0.25) is 14.2 Å². The summed E-state index contributed by atoms with van der Waals surface area (Å²) in [6, 6.07) is 15.1. The first-order valence-corrected chi connectivity index (χ1v) is 9.75. The minimum absolute atomic E-state index is 0.0477. The molecule has 2 aromatic carbocycles. The fraction of sp³-hybridized carbons (Fsp3) is 0.318. The van der Waals surface area contributed by atoms with E-state index in [9.17, 15) is 9.59 Å². The van der Waals surface area contributed by atoms with Crippen LogP contribution < -0.4 is 15.2 Å². The predicted molar refractivity (Wildman–Crippen MR) is 112 cm³/mol. The van der Waals surface area contributed by atoms with E-state index in [1.165, 1.54) is 10.9 Å². The van der Waals surface area contributed by atoms with Crippen LogP contribution in [0, 0.1) is 0 Å². The van der Waals surface area contributed by atoms with Crippen LogP contribution in [-0.4, -0.2) is 53.1 Å². The number of aromatic nitrogens is 2. The smallest absolute Gasteiger partial charge is 0.261 e. The third-order valence-electron chi connectivity index (χ3n) is 5.25. The maximum absolute atomic E-state index is 12.7. The van der Waals surface area contributed by atoms with E-state index < -0.39 is 0 Å². The first kappa shape index (κ1) is 19.0. The summed E-state index contributed by atoms with van der Waals surface area (Å²) < 4.78 is 7.46. The van der Waals surface area contributed by atoms with Crippen molar-refractivity contribution in [2.24, 2.45) is 0 Å². The highest BCUT2D eigenvalue weighted by Crippen LogP contribution is 2.32. The van der Waals surface area contributed by atoms with E-state index >= 15 is 0 Å². The molecule has 150 valence electrons. The molecule has 0 bridgehead atoms. The monoisotopic (exact) mass is 392 g/mol. The number of nitrogens with zero attached hydrogens (tertiary/aromatic N) is 4. The van der Waals surface area contributed by atoms with E-state index in [1.54, 1.807) is 30.1 Å². The highest BCUT2D eigenvalue weighted by molar-refractivity contribution is 5.78. The highest BCUT2D eigenvalue weighted by Gasteiger charge is 2.26. The maximum atomic E-state index is 12.7. The van der Waals surface area contributed by atoms with Crippen LogP contribution in [0.3, 0.4) is 0 Å². The number of likely N-dealkylation sites (N-methyl/N-ethyl adjacent to an activating group) is 2. The van der Waals surface area contributed by atoms with Crippen LogP contribution in [0.1, 0.15) is 6.92 Å². The summed E-state index contributed by atoms with van der Waals surface area (Å²) in [4.78, 5) is 33.5. The third kappa shape index (κ3) is 3.81. The van der Waals surface area contributed by atoms with Gasteiger partial charge in [-0.25, -0.2) is 4.98 Å². The molecule has 0 radical (unpaired) electrons. The second-order valence-electron chi connectivity index (χ2n) is 7.22. The van der Waals surface area contributed by atoms with Crippen molar-refractivity contribution < 1.29 is 9.53 Å². The molecule has 1 aliphatic heterocycles. The summed E-state index contributed by atoms with van der Waals surface area (Å²) >= 11 is 0. The van der Waals surface area contributed by atoms with Gasteiger partial charge in [0.1, 0.15) is 18.4 Å². The predicted octanol–water partition coefficient (Wildman–Crippen LogP) is 2.14. The summed E-state index contributed by atoms with van der Waals surface area (Å²) in [5.41, 5.74) is 1.50. The Labute approximate surface area is 169 Å². The van der Waals surface area contributed by atoms with E-state index in [2.05, 4.69) is 16.8 Å². The van der Waals surface area contributed by atoms with E-state index in [4.69, 9.17) is 4.74 Å². The molecular formula is C22H24N4O3. The van der Waals surface area contributed by atoms with Gasteiger partial charge in [0.25, 0.3) is 5.56 Å². The van der Waals surface area contributed by atoms with Gasteiger partial charge in [0.05, 0.1) is 36.0 Å². The van der Waals surface area contributed by atoms with Crippen molar-refractivity contribution >= 4 is 22.5 Å². The molecule has 4 rings (SSSR count). The van der Waals surface area contributed by atoms with Crippen LogP contribution in [0.25, 0.3) is 10.9 Å². The van der Waals surface area contributed by atoms with Crippen LogP contribution in [0.2, 0.25) is 0 Å². The van der Waals surface area contributed by atoms with Gasteiger partial charge in [0, 0.05) is 13.6 Å². The first-order valence-electron chi connectivity index (χ1n) is 9.75. The Kier molecular flexibility index (Phi) is 5.20. The van der Waals surface area contributed by atoms with Crippen molar-refractivity contribution in [3.05, 3.63) is 65.2 Å². The maximum Gasteiger partial charge on any atom is 0.261 e. The number of carbonyl (C=O) groups excluding carboxylic acids is 1. The molecule has 0 fully saturated rings. The standard InChI is InChI=1S/C22H24N4O3/c1-3-25-13-16(29-20-11-7-6-10-19(20)25)12-24(2)21(27)14-26-15-23-18-9-5-4-8-17(18)22(26)28/h4-11,15-16H,3,12-14H2,1-2H3/t16-/m1/s1. The topological polar surface area (TPSA) is 67.7 Å². The lowest BCUT2D eigenvalue weighted by Crippen LogP contribution is -2.47. The summed E-state index contributed by atoms with van der Waals surface area (Å²) in [6.45, 7) is 4.08. The van der Waals surface area contributed by atoms with E-state index in [-0.39, 0.29) is 24.1 Å². The molecule has 7 heteroatoms. The molecule has 0 aliphatic carbocycles. The number of amides is 1. The zero-order valence-electron chi connectivity index (χ0n) is 16.6. The van der Waals surface area contributed by atoms with Crippen molar-refractivity contribution in [3.63, 3.8) is 0 Å². The lowest BCUT2D eigenvalue weighted by atomic mass is 10.2. The zero-order chi connectivity index (χ0) is 20.4. The minimum atomic E-state index is -0.211. The van der Waals surface area contributed by atoms with E-state index in [0.29, 0.717) is 24.0 Å². The van der Waals surface area contributed by atoms with Gasteiger partial charge in [-0.05, 0) is 31.2 Å². The van der Waals surface area contributed by atoms with Crippen LogP contribution in [-0.2, 0) is 11.3 Å². The molecule has 0 saturated carbocycles. The molecule has 0 N–H and O–H groups in total. The minimum Gasteiger partial charge on any atom is -0.485 e. The zero-order valence-corrected chi connectivity index (χ0v) is 16.6. The fourth-order valence-electron chi connectivity index (χ4n) is 3.67. The number of fused-ring (bicyclic) bond motifs is 2. The normalized spacial score (nSPS) is 15.7. The second-order valence-corrected chi connectivity index (χ2v) is 7.22. The Bertz CT molecular complexity index is 1090. The van der Waals surface area contributed by atoms with Crippen molar-refractivity contribution in [1.29, 1.82) is 0 Å². The second kappa shape index (κ2) is 7.95. The van der Waals surface area contributed by atoms with Gasteiger partial charge < -0.3 is 14.5 Å². The summed E-state index contributed by atoms with van der Waals surface area (Å²) in [7, 11) is 1.74. The number of carbonyl (C=O) groups is 1. The molecule has 1 aromatic heterocycles. The quantitative estimate of drug-likeness (QED) is 0.666. The Morgan fingerprint density at radius 2 is 1.97 bits per heavy atom. The fourth-order valence-corrected chi connectivity index (χ4v) is 3.67. The SMILES string of the molecule is CCN1C[C@@H](CN(C)C(=O)Cn2cnc3ccccc3c2=O)Oc2ccccc21. The molecule has 1 atom stereocenters. The molecule has 0 spiro atoms. The molecular weight excluding hydrogens is 368 g/mol. The molecule has 3 aromatic rings. The Hall–Kier alpha value is -3.35. The molecule has 0 unspecified atom stereocenters. The van der Waals surface area contributed by atoms with Crippen LogP contribution >= 0.6 is 0 Å². The average Bonchev–Trinajstić information content (AvgIpc) is 2.75. The van der Waals surface area contributed by atoms with Crippen LogP contribution in [0.4, 0.5) is 5.69 Å². The molecule has 0 saturated heterocycles. The largest absolute Gasteiger partial charge is 0.485 e. The van der Waals surface area contributed by atoms with Crippen LogP contribution in [0.15, 0.2) is 59.7 Å². The average molecular weight is 392 g/mol. The summed E-state index contributed by atoms with van der Waals surface area (Å²) in [5.74, 6) is 0.677. The van der Waals surface area contributed by atoms with Gasteiger partial charge in [0.15, 0.2) is 0 Å². The van der Waals surface area contributed by atoms with Gasteiger partial charge in [-0.15, -0.1) is 0 Å². The molecule has 7 nitrogen and oxygen atoms in total.